The van der Waals surface area contributed by atoms with Gasteiger partial charge in [-0.3, -0.25) is 9.52 Å². The first-order chi connectivity index (χ1) is 15.7. The fourth-order valence-corrected chi connectivity index (χ4v) is 4.31. The molecule has 0 aliphatic carbocycles. The Labute approximate surface area is 194 Å². The number of hydrogen-bond acceptors (Lipinski definition) is 5. The molecule has 0 unspecified atom stereocenters. The molecule has 4 rings (SSSR count). The van der Waals surface area contributed by atoms with Gasteiger partial charge in [0.05, 0.1) is 6.20 Å². The van der Waals surface area contributed by atoms with E-state index < -0.39 is 26.6 Å². The maximum Gasteiger partial charge on any atom is 0.293 e. The Hall–Kier alpha value is -3.69. The predicted molar refractivity (Wildman–Crippen MR) is 123 cm³/mol. The van der Waals surface area contributed by atoms with Crippen molar-refractivity contribution in [3.63, 3.8) is 0 Å². The van der Waals surface area contributed by atoms with Crippen LogP contribution in [0.25, 0.3) is 11.5 Å². The Morgan fingerprint density at radius 1 is 1.03 bits per heavy atom. The van der Waals surface area contributed by atoms with Crippen LogP contribution in [0.2, 0.25) is 5.02 Å². The second kappa shape index (κ2) is 9.05. The van der Waals surface area contributed by atoms with E-state index in [-0.39, 0.29) is 23.0 Å². The molecule has 10 heteroatoms. The zero-order valence-electron chi connectivity index (χ0n) is 17.2. The van der Waals surface area contributed by atoms with Gasteiger partial charge in [0.2, 0.25) is 11.7 Å². The van der Waals surface area contributed by atoms with Gasteiger partial charge < -0.3 is 9.73 Å². The number of oxazole rings is 1. The average Bonchev–Trinajstić information content (AvgIpc) is 3.27. The average molecular weight is 486 g/mol. The minimum atomic E-state index is -4.27. The molecule has 1 heterocycles. The summed E-state index contributed by atoms with van der Waals surface area (Å²) in [7, 11) is -4.27. The SMILES string of the molecule is Cc1ccccc1-c1ncc(C(=O)Nc2ccc(F)c(S(=O)(=O)Nc3ccc(Cl)cc3)c2)o1. The van der Waals surface area contributed by atoms with Crippen LogP contribution in [-0.4, -0.2) is 19.3 Å². The van der Waals surface area contributed by atoms with Crippen molar-refractivity contribution < 1.29 is 22.0 Å². The summed E-state index contributed by atoms with van der Waals surface area (Å²) in [5.74, 6) is -1.45. The van der Waals surface area contributed by atoms with Crippen molar-refractivity contribution in [2.24, 2.45) is 0 Å². The highest BCUT2D eigenvalue weighted by Gasteiger charge is 2.21. The van der Waals surface area contributed by atoms with Crippen LogP contribution >= 0.6 is 11.6 Å². The third-order valence-corrected chi connectivity index (χ3v) is 6.33. The summed E-state index contributed by atoms with van der Waals surface area (Å²) in [6, 6.07) is 16.5. The van der Waals surface area contributed by atoms with Crippen molar-refractivity contribution in [2.75, 3.05) is 10.0 Å². The first-order valence-electron chi connectivity index (χ1n) is 9.64. The van der Waals surface area contributed by atoms with Crippen molar-refractivity contribution in [1.29, 1.82) is 0 Å². The lowest BCUT2D eigenvalue weighted by Crippen LogP contribution is -2.16. The molecule has 7 nitrogen and oxygen atoms in total. The lowest BCUT2D eigenvalue weighted by molar-refractivity contribution is 0.0997. The number of amides is 1. The molecule has 33 heavy (non-hydrogen) atoms. The maximum absolute atomic E-state index is 14.3. The van der Waals surface area contributed by atoms with Crippen LogP contribution in [0.15, 0.2) is 82.2 Å². The number of nitrogens with one attached hydrogen (secondary N) is 2. The highest BCUT2D eigenvalue weighted by molar-refractivity contribution is 7.92. The zero-order valence-corrected chi connectivity index (χ0v) is 18.7. The molecule has 1 amide bonds. The molecular weight excluding hydrogens is 469 g/mol. The lowest BCUT2D eigenvalue weighted by atomic mass is 10.1. The molecule has 0 saturated carbocycles. The van der Waals surface area contributed by atoms with E-state index >= 15 is 0 Å². The standard InChI is InChI=1S/C23H17ClFN3O4S/c1-14-4-2-3-5-18(14)23-26-13-20(32-23)22(29)27-17-10-11-19(25)21(12-17)33(30,31)28-16-8-6-15(24)7-9-16/h2-13,28H,1H3,(H,27,29). The summed E-state index contributed by atoms with van der Waals surface area (Å²) in [6.07, 6.45) is 1.26. The van der Waals surface area contributed by atoms with Crippen molar-refractivity contribution in [3.05, 3.63) is 95.1 Å². The molecule has 0 spiro atoms. The molecule has 0 atom stereocenters. The normalized spacial score (nSPS) is 11.2. The summed E-state index contributed by atoms with van der Waals surface area (Å²) in [5.41, 5.74) is 1.93. The van der Waals surface area contributed by atoms with Crippen LogP contribution in [0.5, 0.6) is 0 Å². The first kappa shape index (κ1) is 22.5. The largest absolute Gasteiger partial charge is 0.431 e. The van der Waals surface area contributed by atoms with E-state index in [2.05, 4.69) is 15.0 Å². The van der Waals surface area contributed by atoms with Gasteiger partial charge in [-0.2, -0.15) is 0 Å². The Balaban J connectivity index is 1.55. The molecule has 0 saturated heterocycles. The van der Waals surface area contributed by atoms with Gasteiger partial charge >= 0.3 is 0 Å². The first-order valence-corrected chi connectivity index (χ1v) is 11.5. The summed E-state index contributed by atoms with van der Waals surface area (Å²) < 4.78 is 47.5. The lowest BCUT2D eigenvalue weighted by Gasteiger charge is -2.11. The zero-order chi connectivity index (χ0) is 23.6. The fraction of sp³-hybridized carbons (Fsp3) is 0.0435. The van der Waals surface area contributed by atoms with E-state index in [1.165, 1.54) is 36.5 Å². The van der Waals surface area contributed by atoms with E-state index in [1.807, 2.05) is 31.2 Å². The van der Waals surface area contributed by atoms with Crippen molar-refractivity contribution in [1.82, 2.24) is 4.98 Å². The maximum atomic E-state index is 14.3. The third kappa shape index (κ3) is 5.05. The number of aryl methyl sites for hydroxylation is 1. The number of anilines is 2. The van der Waals surface area contributed by atoms with E-state index in [1.54, 1.807) is 0 Å². The van der Waals surface area contributed by atoms with Gasteiger partial charge in [-0.15, -0.1) is 0 Å². The highest BCUT2D eigenvalue weighted by atomic mass is 35.5. The van der Waals surface area contributed by atoms with Gasteiger partial charge in [0.25, 0.3) is 15.9 Å². The molecule has 0 radical (unpaired) electrons. The minimum Gasteiger partial charge on any atom is -0.431 e. The molecule has 168 valence electrons. The predicted octanol–water partition coefficient (Wildman–Crippen LogP) is 5.50. The van der Waals surface area contributed by atoms with Crippen LogP contribution < -0.4 is 10.0 Å². The Kier molecular flexibility index (Phi) is 6.17. The number of rotatable bonds is 6. The van der Waals surface area contributed by atoms with Gasteiger partial charge in [0.15, 0.2) is 0 Å². The molecule has 0 bridgehead atoms. The molecular formula is C23H17ClFN3O4S. The van der Waals surface area contributed by atoms with Gasteiger partial charge in [-0.25, -0.2) is 17.8 Å². The Morgan fingerprint density at radius 3 is 2.45 bits per heavy atom. The molecule has 4 aromatic rings. The van der Waals surface area contributed by atoms with Crippen LogP contribution in [0.4, 0.5) is 15.8 Å². The number of benzene rings is 3. The number of halogens is 2. The smallest absolute Gasteiger partial charge is 0.293 e. The highest BCUT2D eigenvalue weighted by Crippen LogP contribution is 2.25. The summed E-state index contributed by atoms with van der Waals surface area (Å²) in [4.78, 5) is 16.1. The van der Waals surface area contributed by atoms with Crippen molar-refractivity contribution >= 4 is 38.9 Å². The van der Waals surface area contributed by atoms with Gasteiger partial charge in [0, 0.05) is 22.0 Å². The van der Waals surface area contributed by atoms with E-state index in [0.29, 0.717) is 5.02 Å². The fourth-order valence-electron chi connectivity index (χ4n) is 3.02. The molecule has 1 aromatic heterocycles. The summed E-state index contributed by atoms with van der Waals surface area (Å²) >= 11 is 5.80. The number of aromatic nitrogens is 1. The molecule has 0 aliphatic rings. The van der Waals surface area contributed by atoms with Gasteiger partial charge in [-0.1, -0.05) is 29.8 Å². The Bertz CT molecular complexity index is 1440. The number of hydrogen-bond donors (Lipinski definition) is 2. The number of nitrogens with zero attached hydrogens (tertiary/aromatic N) is 1. The molecule has 0 aliphatic heterocycles. The molecule has 2 N–H and O–H groups in total. The number of carbonyl (C=O) groups excluding carboxylic acids is 1. The quantitative estimate of drug-likeness (QED) is 0.375. The Morgan fingerprint density at radius 2 is 1.73 bits per heavy atom. The third-order valence-electron chi connectivity index (χ3n) is 4.68. The van der Waals surface area contributed by atoms with Gasteiger partial charge in [0.1, 0.15) is 10.7 Å². The minimum absolute atomic E-state index is 0.0618. The monoisotopic (exact) mass is 485 g/mol. The summed E-state index contributed by atoms with van der Waals surface area (Å²) in [5, 5.41) is 2.92. The van der Waals surface area contributed by atoms with Crippen LogP contribution in [0, 0.1) is 12.7 Å². The number of carbonyl (C=O) groups is 1. The molecule has 3 aromatic carbocycles. The second-order valence-corrected chi connectivity index (χ2v) is 9.14. The van der Waals surface area contributed by atoms with Gasteiger partial charge in [-0.05, 0) is 61.0 Å². The summed E-state index contributed by atoms with van der Waals surface area (Å²) in [6.45, 7) is 1.89. The van der Waals surface area contributed by atoms with E-state index in [4.69, 9.17) is 16.0 Å². The van der Waals surface area contributed by atoms with Crippen molar-refractivity contribution in [3.8, 4) is 11.5 Å². The van der Waals surface area contributed by atoms with Crippen LogP contribution in [0.3, 0.4) is 0 Å². The van der Waals surface area contributed by atoms with E-state index in [0.717, 1.165) is 23.3 Å². The second-order valence-electron chi connectivity index (χ2n) is 7.06. The van der Waals surface area contributed by atoms with Crippen molar-refractivity contribution in [2.45, 2.75) is 11.8 Å². The number of sulfonamides is 1. The van der Waals surface area contributed by atoms with Crippen LogP contribution in [-0.2, 0) is 10.0 Å². The topological polar surface area (TPSA) is 101 Å². The van der Waals surface area contributed by atoms with Crippen LogP contribution in [0.1, 0.15) is 16.1 Å². The molecule has 0 fully saturated rings. The van der Waals surface area contributed by atoms with E-state index in [9.17, 15) is 17.6 Å².